The predicted octanol–water partition coefficient (Wildman–Crippen LogP) is 10.4. The van der Waals surface area contributed by atoms with Crippen molar-refractivity contribution in [1.29, 1.82) is 0 Å². The molecule has 0 heterocycles. The monoisotopic (exact) mass is 602 g/mol. The standard InChI is InChI=1S/C41H43ClS/c1-6-30-18-27(4)34-21-31-12-11-29(17-26(31)3)20-37(42)13-14-38-28(5)19-36-23-35-16-25(2)15-33(10-8-7-9-32(30)22-34)39(35)24-40(36)41(38)43/h7-8,11-13,15-19,22,43H,6,9-10,14,20-21,23-24H2,1-5H3/b8-7-,37-13+. The molecule has 0 radical (unpaired) electrons. The first kappa shape index (κ1) is 30.0. The molecule has 4 aromatic rings. The van der Waals surface area contributed by atoms with E-state index in [9.17, 15) is 0 Å². The molecule has 0 unspecified atom stereocenters. The largest absolute Gasteiger partial charge is 0.143 e. The van der Waals surface area contributed by atoms with Gasteiger partial charge < -0.3 is 0 Å². The van der Waals surface area contributed by atoms with Gasteiger partial charge in [0, 0.05) is 16.3 Å². The number of benzene rings is 4. The molecule has 4 aromatic carbocycles. The summed E-state index contributed by atoms with van der Waals surface area (Å²) in [6, 6.07) is 19.0. The van der Waals surface area contributed by atoms with E-state index < -0.39 is 0 Å². The van der Waals surface area contributed by atoms with E-state index in [1.165, 1.54) is 83.5 Å². The molecule has 3 aliphatic carbocycles. The van der Waals surface area contributed by atoms with Crippen molar-refractivity contribution in [3.05, 3.63) is 155 Å². The summed E-state index contributed by atoms with van der Waals surface area (Å²) in [6.07, 6.45) is 14.4. The van der Waals surface area contributed by atoms with Crippen molar-refractivity contribution in [1.82, 2.24) is 0 Å². The van der Waals surface area contributed by atoms with Gasteiger partial charge in [0.05, 0.1) is 0 Å². The number of halogens is 1. The number of hydrogen-bond acceptors (Lipinski definition) is 1. The van der Waals surface area contributed by atoms with E-state index in [4.69, 9.17) is 24.2 Å². The molecule has 7 bridgehead atoms. The fourth-order valence-electron chi connectivity index (χ4n) is 7.24. The third kappa shape index (κ3) is 6.31. The Balaban J connectivity index is 1.44. The maximum Gasteiger partial charge on any atom is 0.0188 e. The Hall–Kier alpha value is -3.00. The second kappa shape index (κ2) is 12.5. The zero-order chi connectivity index (χ0) is 30.2. The van der Waals surface area contributed by atoms with E-state index in [0.717, 1.165) is 61.3 Å². The second-order valence-corrected chi connectivity index (χ2v) is 13.8. The molecule has 0 aliphatic heterocycles. The summed E-state index contributed by atoms with van der Waals surface area (Å²) in [5.74, 6) is 0. The normalized spacial score (nSPS) is 16.8. The summed E-state index contributed by atoms with van der Waals surface area (Å²) in [4.78, 5) is 1.15. The van der Waals surface area contributed by atoms with E-state index in [1.54, 1.807) is 0 Å². The molecule has 0 nitrogen and oxygen atoms in total. The van der Waals surface area contributed by atoms with Crippen molar-refractivity contribution in [3.63, 3.8) is 0 Å². The van der Waals surface area contributed by atoms with Crippen LogP contribution >= 0.6 is 24.2 Å². The van der Waals surface area contributed by atoms with Crippen LogP contribution in [0.1, 0.15) is 90.4 Å². The molecule has 0 saturated heterocycles. The molecule has 0 aromatic heterocycles. The van der Waals surface area contributed by atoms with Crippen LogP contribution in [-0.2, 0) is 51.4 Å². The lowest BCUT2D eigenvalue weighted by molar-refractivity contribution is 0.921. The summed E-state index contributed by atoms with van der Waals surface area (Å²) in [5, 5.41) is 0.893. The van der Waals surface area contributed by atoms with E-state index in [1.807, 2.05) is 0 Å². The third-order valence-electron chi connectivity index (χ3n) is 9.71. The highest BCUT2D eigenvalue weighted by Crippen LogP contribution is 2.37. The Morgan fingerprint density at radius 2 is 1.30 bits per heavy atom. The van der Waals surface area contributed by atoms with Gasteiger partial charge in [-0.2, -0.15) is 0 Å². The van der Waals surface area contributed by atoms with Gasteiger partial charge in [0.1, 0.15) is 0 Å². The second-order valence-electron chi connectivity index (χ2n) is 12.8. The van der Waals surface area contributed by atoms with Crippen LogP contribution < -0.4 is 0 Å². The van der Waals surface area contributed by atoms with Gasteiger partial charge in [0.15, 0.2) is 0 Å². The Morgan fingerprint density at radius 3 is 2.07 bits per heavy atom. The Labute approximate surface area is 269 Å². The van der Waals surface area contributed by atoms with E-state index in [-0.39, 0.29) is 0 Å². The molecule has 0 atom stereocenters. The van der Waals surface area contributed by atoms with Gasteiger partial charge in [-0.3, -0.25) is 0 Å². The van der Waals surface area contributed by atoms with Gasteiger partial charge in [-0.05, 0) is 151 Å². The van der Waals surface area contributed by atoms with Crippen molar-refractivity contribution >= 4 is 24.2 Å². The molecule has 0 amide bonds. The first-order chi connectivity index (χ1) is 20.7. The lowest BCUT2D eigenvalue weighted by atomic mass is 9.80. The number of hydrogen-bond donors (Lipinski definition) is 1. The summed E-state index contributed by atoms with van der Waals surface area (Å²) < 4.78 is 0. The van der Waals surface area contributed by atoms with E-state index in [0.29, 0.717) is 0 Å². The fraction of sp³-hybridized carbons (Fsp3) is 0.317. The SMILES string of the molecule is CCc1cc(C)c2cc1C/C=C\Cc1cc(C)cc3c1Cc1c(cc(C)c(c1S)C/C=C(/Cl)Cc1ccc(c(C)c1)C2)C3. The first-order valence-corrected chi connectivity index (χ1v) is 16.7. The van der Waals surface area contributed by atoms with Gasteiger partial charge in [-0.15, -0.1) is 12.6 Å². The minimum Gasteiger partial charge on any atom is -0.143 e. The Kier molecular flexibility index (Phi) is 8.77. The fourth-order valence-corrected chi connectivity index (χ4v) is 7.96. The molecule has 43 heavy (non-hydrogen) atoms. The zero-order valence-corrected chi connectivity index (χ0v) is 28.0. The summed E-state index contributed by atoms with van der Waals surface area (Å²) in [5.41, 5.74) is 20.9. The lowest BCUT2D eigenvalue weighted by Gasteiger charge is -2.26. The van der Waals surface area contributed by atoms with E-state index >= 15 is 0 Å². The molecule has 0 fully saturated rings. The highest BCUT2D eigenvalue weighted by Gasteiger charge is 2.23. The highest BCUT2D eigenvalue weighted by molar-refractivity contribution is 7.80. The molecule has 0 N–H and O–H groups in total. The number of aryl methyl sites for hydroxylation is 5. The van der Waals surface area contributed by atoms with Crippen molar-refractivity contribution in [2.75, 3.05) is 0 Å². The minimum atomic E-state index is 0.755. The Morgan fingerprint density at radius 1 is 0.605 bits per heavy atom. The van der Waals surface area contributed by atoms with Gasteiger partial charge in [-0.1, -0.05) is 90.8 Å². The highest BCUT2D eigenvalue weighted by atomic mass is 35.5. The third-order valence-corrected chi connectivity index (χ3v) is 10.5. The summed E-state index contributed by atoms with van der Waals surface area (Å²) >= 11 is 12.0. The van der Waals surface area contributed by atoms with Crippen LogP contribution in [0, 0.1) is 27.7 Å². The quantitative estimate of drug-likeness (QED) is 0.143. The molecule has 3 aliphatic rings. The molecule has 7 rings (SSSR count). The minimum absolute atomic E-state index is 0.755. The van der Waals surface area contributed by atoms with Gasteiger partial charge in [0.2, 0.25) is 0 Å². The summed E-state index contributed by atoms with van der Waals surface area (Å²) in [6.45, 7) is 11.3. The van der Waals surface area contributed by atoms with Crippen molar-refractivity contribution in [2.24, 2.45) is 0 Å². The van der Waals surface area contributed by atoms with Crippen LogP contribution in [0.2, 0.25) is 0 Å². The lowest BCUT2D eigenvalue weighted by Crippen LogP contribution is -2.13. The molecule has 220 valence electrons. The van der Waals surface area contributed by atoms with Crippen LogP contribution in [0.25, 0.3) is 0 Å². The van der Waals surface area contributed by atoms with Crippen LogP contribution in [0.3, 0.4) is 0 Å². The number of thiol groups is 1. The average Bonchev–Trinajstić information content (AvgIpc) is 2.96. The summed E-state index contributed by atoms with van der Waals surface area (Å²) in [7, 11) is 0. The predicted molar refractivity (Wildman–Crippen MR) is 188 cm³/mol. The molecule has 0 spiro atoms. The van der Waals surface area contributed by atoms with Crippen molar-refractivity contribution in [2.45, 2.75) is 90.9 Å². The van der Waals surface area contributed by atoms with Crippen molar-refractivity contribution in [3.8, 4) is 0 Å². The van der Waals surface area contributed by atoms with Crippen molar-refractivity contribution < 1.29 is 0 Å². The van der Waals surface area contributed by atoms with Crippen LogP contribution in [-0.4, -0.2) is 0 Å². The first-order valence-electron chi connectivity index (χ1n) is 15.8. The van der Waals surface area contributed by atoms with Gasteiger partial charge >= 0.3 is 0 Å². The zero-order valence-electron chi connectivity index (χ0n) is 26.3. The smallest absolute Gasteiger partial charge is 0.0188 e. The Bertz CT molecular complexity index is 1780. The molecular formula is C41H43ClS. The van der Waals surface area contributed by atoms with Gasteiger partial charge in [-0.25, -0.2) is 0 Å². The topological polar surface area (TPSA) is 0 Å². The average molecular weight is 603 g/mol. The number of allylic oxidation sites excluding steroid dienone is 4. The maximum absolute atomic E-state index is 6.88. The van der Waals surface area contributed by atoms with Crippen LogP contribution in [0.4, 0.5) is 0 Å². The maximum atomic E-state index is 6.88. The molecule has 0 saturated carbocycles. The molecule has 2 heteroatoms. The van der Waals surface area contributed by atoms with Crippen LogP contribution in [0.15, 0.2) is 76.7 Å². The van der Waals surface area contributed by atoms with Crippen LogP contribution in [0.5, 0.6) is 0 Å². The molecular weight excluding hydrogens is 560 g/mol. The van der Waals surface area contributed by atoms with Gasteiger partial charge in [0.25, 0.3) is 0 Å². The number of fused-ring (bicyclic) bond motifs is 6. The van der Waals surface area contributed by atoms with E-state index in [2.05, 4.69) is 101 Å². The number of rotatable bonds is 1.